The minimum atomic E-state index is -0.209. The summed E-state index contributed by atoms with van der Waals surface area (Å²) in [6, 6.07) is 6.36. The molecule has 1 unspecified atom stereocenters. The second-order valence-electron chi connectivity index (χ2n) is 5.23. The Morgan fingerprint density at radius 3 is 2.78 bits per heavy atom. The largest absolute Gasteiger partial charge is 0.380 e. The Labute approximate surface area is 108 Å². The van der Waals surface area contributed by atoms with E-state index in [9.17, 15) is 0 Å². The quantitative estimate of drug-likeness (QED) is 0.872. The molecule has 2 N–H and O–H groups in total. The zero-order valence-electron chi connectivity index (χ0n) is 11.7. The predicted molar refractivity (Wildman–Crippen MR) is 75.0 cm³/mol. The van der Waals surface area contributed by atoms with Crippen molar-refractivity contribution in [1.29, 1.82) is 0 Å². The molecule has 1 aromatic heterocycles. The molecule has 4 nitrogen and oxygen atoms in total. The van der Waals surface area contributed by atoms with Gasteiger partial charge in [0.2, 0.25) is 0 Å². The maximum Gasteiger partial charge on any atom is 0.104 e. The number of hydrogen-bond donors (Lipinski definition) is 2. The number of nitrogens with zero attached hydrogens (tertiary/aromatic N) is 1. The number of aromatic nitrogens is 2. The number of aryl methyl sites for hydroxylation is 1. The maximum atomic E-state index is 5.48. The lowest BCUT2D eigenvalue weighted by molar-refractivity contribution is 0.0107. The van der Waals surface area contributed by atoms with Crippen molar-refractivity contribution in [3.63, 3.8) is 0 Å². The highest BCUT2D eigenvalue weighted by Gasteiger charge is 2.25. The SMILES string of the molecule is COC(C)(C)C(C)Nc1ccc2nc(C)[nH]c2c1. The molecule has 18 heavy (non-hydrogen) atoms. The van der Waals surface area contributed by atoms with E-state index in [4.69, 9.17) is 4.74 Å². The van der Waals surface area contributed by atoms with E-state index in [1.165, 1.54) is 0 Å². The van der Waals surface area contributed by atoms with Crippen LogP contribution >= 0.6 is 0 Å². The molecular weight excluding hydrogens is 226 g/mol. The van der Waals surface area contributed by atoms with Crippen molar-refractivity contribution in [3.8, 4) is 0 Å². The van der Waals surface area contributed by atoms with E-state index in [0.717, 1.165) is 22.5 Å². The molecule has 98 valence electrons. The number of rotatable bonds is 4. The zero-order valence-corrected chi connectivity index (χ0v) is 11.7. The number of benzene rings is 1. The van der Waals surface area contributed by atoms with Crippen molar-refractivity contribution >= 4 is 16.7 Å². The first-order valence-corrected chi connectivity index (χ1v) is 6.20. The van der Waals surface area contributed by atoms with E-state index in [-0.39, 0.29) is 11.6 Å². The molecule has 0 radical (unpaired) electrons. The van der Waals surface area contributed by atoms with E-state index in [1.54, 1.807) is 7.11 Å². The van der Waals surface area contributed by atoms with Crippen LogP contribution < -0.4 is 5.32 Å². The molecule has 2 aromatic rings. The molecule has 0 fully saturated rings. The van der Waals surface area contributed by atoms with Gasteiger partial charge in [0.15, 0.2) is 0 Å². The van der Waals surface area contributed by atoms with Gasteiger partial charge in [-0.15, -0.1) is 0 Å². The Bertz CT molecular complexity index is 545. The van der Waals surface area contributed by atoms with Crippen LogP contribution in [0, 0.1) is 6.92 Å². The van der Waals surface area contributed by atoms with Crippen LogP contribution in [-0.4, -0.2) is 28.7 Å². The number of nitrogens with one attached hydrogen (secondary N) is 2. The first-order chi connectivity index (χ1) is 8.42. The number of imidazole rings is 1. The molecule has 0 bridgehead atoms. The summed E-state index contributed by atoms with van der Waals surface area (Å²) in [4.78, 5) is 7.63. The van der Waals surface area contributed by atoms with Gasteiger partial charge in [-0.2, -0.15) is 0 Å². The molecule has 0 aliphatic heterocycles. The fourth-order valence-corrected chi connectivity index (χ4v) is 1.83. The Kier molecular flexibility index (Phi) is 3.30. The fourth-order valence-electron chi connectivity index (χ4n) is 1.83. The monoisotopic (exact) mass is 247 g/mol. The number of anilines is 1. The maximum absolute atomic E-state index is 5.48. The second-order valence-corrected chi connectivity index (χ2v) is 5.23. The Hall–Kier alpha value is -1.55. The van der Waals surface area contributed by atoms with Crippen molar-refractivity contribution in [2.45, 2.75) is 39.3 Å². The number of aromatic amines is 1. The van der Waals surface area contributed by atoms with Crippen LogP contribution in [0.4, 0.5) is 5.69 Å². The van der Waals surface area contributed by atoms with E-state index >= 15 is 0 Å². The summed E-state index contributed by atoms with van der Waals surface area (Å²) in [6.45, 7) is 8.22. The molecule has 1 heterocycles. The zero-order chi connectivity index (χ0) is 13.3. The lowest BCUT2D eigenvalue weighted by Crippen LogP contribution is -2.41. The van der Waals surface area contributed by atoms with Crippen LogP contribution in [0.5, 0.6) is 0 Å². The molecule has 2 rings (SSSR count). The van der Waals surface area contributed by atoms with Gasteiger partial charge in [0.1, 0.15) is 5.82 Å². The van der Waals surface area contributed by atoms with Crippen LogP contribution in [-0.2, 0) is 4.74 Å². The molecule has 4 heteroatoms. The Balaban J connectivity index is 2.21. The first-order valence-electron chi connectivity index (χ1n) is 6.20. The summed E-state index contributed by atoms with van der Waals surface area (Å²) < 4.78 is 5.48. The molecule has 0 amide bonds. The Morgan fingerprint density at radius 1 is 1.39 bits per heavy atom. The number of ether oxygens (including phenoxy) is 1. The van der Waals surface area contributed by atoms with Crippen LogP contribution in [0.1, 0.15) is 26.6 Å². The van der Waals surface area contributed by atoms with Crippen molar-refractivity contribution in [1.82, 2.24) is 9.97 Å². The van der Waals surface area contributed by atoms with Gasteiger partial charge in [0.25, 0.3) is 0 Å². The average Bonchev–Trinajstić information content (AvgIpc) is 2.68. The van der Waals surface area contributed by atoms with Gasteiger partial charge in [0, 0.05) is 12.8 Å². The van der Waals surface area contributed by atoms with Gasteiger partial charge in [-0.05, 0) is 45.9 Å². The molecule has 0 saturated carbocycles. The highest BCUT2D eigenvalue weighted by atomic mass is 16.5. The van der Waals surface area contributed by atoms with Crippen LogP contribution in [0.25, 0.3) is 11.0 Å². The number of fused-ring (bicyclic) bond motifs is 1. The van der Waals surface area contributed by atoms with Crippen molar-refractivity contribution < 1.29 is 4.74 Å². The molecule has 0 spiro atoms. The van der Waals surface area contributed by atoms with Gasteiger partial charge >= 0.3 is 0 Å². The standard InChI is InChI=1S/C14H21N3O/c1-9(14(3,4)18-5)15-11-6-7-12-13(8-11)17-10(2)16-12/h6-9,15H,1-5H3,(H,16,17). The summed E-state index contributed by atoms with van der Waals surface area (Å²) in [5.74, 6) is 0.937. The third-order valence-electron chi connectivity index (χ3n) is 3.55. The average molecular weight is 247 g/mol. The second kappa shape index (κ2) is 4.61. The molecular formula is C14H21N3O. The van der Waals surface area contributed by atoms with E-state index < -0.39 is 0 Å². The minimum Gasteiger partial charge on any atom is -0.380 e. The van der Waals surface area contributed by atoms with Gasteiger partial charge in [-0.1, -0.05) is 0 Å². The first kappa shape index (κ1) is 12.9. The van der Waals surface area contributed by atoms with E-state index in [0.29, 0.717) is 0 Å². The molecule has 1 atom stereocenters. The van der Waals surface area contributed by atoms with Gasteiger partial charge in [-0.3, -0.25) is 0 Å². The van der Waals surface area contributed by atoms with Gasteiger partial charge in [-0.25, -0.2) is 4.98 Å². The fraction of sp³-hybridized carbons (Fsp3) is 0.500. The summed E-state index contributed by atoms with van der Waals surface area (Å²) in [5, 5.41) is 3.46. The van der Waals surface area contributed by atoms with Gasteiger partial charge in [0.05, 0.1) is 22.7 Å². The van der Waals surface area contributed by atoms with Crippen LogP contribution in [0.15, 0.2) is 18.2 Å². The number of methoxy groups -OCH3 is 1. The van der Waals surface area contributed by atoms with Crippen molar-refractivity contribution in [2.75, 3.05) is 12.4 Å². The van der Waals surface area contributed by atoms with Crippen LogP contribution in [0.2, 0.25) is 0 Å². The van der Waals surface area contributed by atoms with E-state index in [1.807, 2.05) is 19.1 Å². The number of H-pyrrole nitrogens is 1. The van der Waals surface area contributed by atoms with E-state index in [2.05, 4.69) is 42.1 Å². The highest BCUT2D eigenvalue weighted by Crippen LogP contribution is 2.21. The minimum absolute atomic E-state index is 0.209. The summed E-state index contributed by atoms with van der Waals surface area (Å²) in [5.41, 5.74) is 2.92. The van der Waals surface area contributed by atoms with Gasteiger partial charge < -0.3 is 15.0 Å². The number of hydrogen-bond acceptors (Lipinski definition) is 3. The summed E-state index contributed by atoms with van der Waals surface area (Å²) >= 11 is 0. The van der Waals surface area contributed by atoms with Crippen LogP contribution in [0.3, 0.4) is 0 Å². The Morgan fingerprint density at radius 2 is 2.11 bits per heavy atom. The van der Waals surface area contributed by atoms with Crippen molar-refractivity contribution in [2.24, 2.45) is 0 Å². The lowest BCUT2D eigenvalue weighted by Gasteiger charge is -2.31. The third-order valence-corrected chi connectivity index (χ3v) is 3.55. The summed E-state index contributed by atoms with van der Waals surface area (Å²) in [7, 11) is 1.74. The summed E-state index contributed by atoms with van der Waals surface area (Å²) in [6.07, 6.45) is 0. The molecule has 0 saturated heterocycles. The normalized spacial score (nSPS) is 13.8. The third kappa shape index (κ3) is 2.48. The highest BCUT2D eigenvalue weighted by molar-refractivity contribution is 5.79. The smallest absolute Gasteiger partial charge is 0.104 e. The molecule has 1 aromatic carbocycles. The molecule has 0 aliphatic carbocycles. The molecule has 0 aliphatic rings. The van der Waals surface area contributed by atoms with Crippen molar-refractivity contribution in [3.05, 3.63) is 24.0 Å². The topological polar surface area (TPSA) is 49.9 Å². The lowest BCUT2D eigenvalue weighted by atomic mass is 10.00. The predicted octanol–water partition coefficient (Wildman–Crippen LogP) is 3.10.